The molecule has 1 aromatic heterocycles. The SMILES string of the molecule is Cl.N[C@@H](Cc1cscn1)C(=O)Nc1ccc(C(=O)OC2CCCC2)cc1. The van der Waals surface area contributed by atoms with Gasteiger partial charge in [0, 0.05) is 17.5 Å². The van der Waals surface area contributed by atoms with Crippen LogP contribution in [0, 0.1) is 0 Å². The maximum absolute atomic E-state index is 12.1. The molecular formula is C18H22ClN3O3S. The van der Waals surface area contributed by atoms with Crippen molar-refractivity contribution in [1.82, 2.24) is 4.98 Å². The Balaban J connectivity index is 0.00000243. The molecule has 1 atom stereocenters. The highest BCUT2D eigenvalue weighted by Crippen LogP contribution is 2.22. The smallest absolute Gasteiger partial charge is 0.338 e. The van der Waals surface area contributed by atoms with Gasteiger partial charge in [0.1, 0.15) is 6.10 Å². The number of benzene rings is 1. The average Bonchev–Trinajstić information content (AvgIpc) is 3.29. The number of ether oxygens (including phenoxy) is 1. The Labute approximate surface area is 162 Å². The Morgan fingerprint density at radius 1 is 1.27 bits per heavy atom. The Kier molecular flexibility index (Phi) is 7.56. The second kappa shape index (κ2) is 9.66. The van der Waals surface area contributed by atoms with Gasteiger partial charge in [-0.25, -0.2) is 9.78 Å². The molecule has 1 heterocycles. The first kappa shape index (κ1) is 20.4. The molecule has 0 unspecified atom stereocenters. The van der Waals surface area contributed by atoms with Crippen molar-refractivity contribution in [3.8, 4) is 0 Å². The van der Waals surface area contributed by atoms with Gasteiger partial charge in [-0.05, 0) is 49.9 Å². The summed E-state index contributed by atoms with van der Waals surface area (Å²) in [6, 6.07) is 5.99. The van der Waals surface area contributed by atoms with Gasteiger partial charge >= 0.3 is 5.97 Å². The number of rotatable bonds is 6. The van der Waals surface area contributed by atoms with E-state index in [0.717, 1.165) is 31.4 Å². The number of hydrogen-bond acceptors (Lipinski definition) is 6. The molecule has 26 heavy (non-hydrogen) atoms. The van der Waals surface area contributed by atoms with Gasteiger partial charge in [0.25, 0.3) is 0 Å². The van der Waals surface area contributed by atoms with Crippen LogP contribution in [0.1, 0.15) is 41.7 Å². The normalized spacial score (nSPS) is 15.1. The van der Waals surface area contributed by atoms with Crippen LogP contribution in [0.4, 0.5) is 5.69 Å². The summed E-state index contributed by atoms with van der Waals surface area (Å²) in [7, 11) is 0. The summed E-state index contributed by atoms with van der Waals surface area (Å²) in [5.74, 6) is -0.598. The molecule has 8 heteroatoms. The lowest BCUT2D eigenvalue weighted by molar-refractivity contribution is -0.117. The van der Waals surface area contributed by atoms with Gasteiger partial charge < -0.3 is 15.8 Å². The average molecular weight is 396 g/mol. The highest BCUT2D eigenvalue weighted by molar-refractivity contribution is 7.07. The molecule has 0 spiro atoms. The molecule has 0 aliphatic heterocycles. The molecule has 6 nitrogen and oxygen atoms in total. The summed E-state index contributed by atoms with van der Waals surface area (Å²) < 4.78 is 5.46. The molecule has 2 aromatic rings. The predicted octanol–water partition coefficient (Wildman–Crippen LogP) is 3.17. The maximum atomic E-state index is 12.1. The van der Waals surface area contributed by atoms with E-state index in [-0.39, 0.29) is 30.4 Å². The van der Waals surface area contributed by atoms with Crippen LogP contribution in [0.15, 0.2) is 35.2 Å². The van der Waals surface area contributed by atoms with Crippen LogP contribution in [0.2, 0.25) is 0 Å². The van der Waals surface area contributed by atoms with Crippen LogP contribution in [0.25, 0.3) is 0 Å². The van der Waals surface area contributed by atoms with Gasteiger partial charge in [-0.15, -0.1) is 23.7 Å². The number of esters is 1. The molecule has 1 fully saturated rings. The molecule has 0 radical (unpaired) electrons. The number of amides is 1. The van der Waals surface area contributed by atoms with E-state index in [1.165, 1.54) is 11.3 Å². The largest absolute Gasteiger partial charge is 0.459 e. The van der Waals surface area contributed by atoms with E-state index in [1.807, 2.05) is 5.38 Å². The van der Waals surface area contributed by atoms with Gasteiger partial charge in [-0.1, -0.05) is 0 Å². The number of aromatic nitrogens is 1. The third kappa shape index (κ3) is 5.52. The summed E-state index contributed by atoms with van der Waals surface area (Å²) in [6.07, 6.45) is 4.54. The molecule has 3 N–H and O–H groups in total. The van der Waals surface area contributed by atoms with Gasteiger partial charge in [-0.2, -0.15) is 0 Å². The third-order valence-corrected chi connectivity index (χ3v) is 4.85. The van der Waals surface area contributed by atoms with Crippen molar-refractivity contribution in [2.45, 2.75) is 44.2 Å². The molecule has 1 aromatic carbocycles. The number of thiazole rings is 1. The number of nitrogens with zero attached hydrogens (tertiary/aromatic N) is 1. The van der Waals surface area contributed by atoms with Gasteiger partial charge in [0.05, 0.1) is 22.8 Å². The fourth-order valence-corrected chi connectivity index (χ4v) is 3.38. The number of carbonyl (C=O) groups is 2. The highest BCUT2D eigenvalue weighted by atomic mass is 35.5. The van der Waals surface area contributed by atoms with Gasteiger partial charge in [0.2, 0.25) is 5.91 Å². The Hall–Kier alpha value is -1.96. The fourth-order valence-electron chi connectivity index (χ4n) is 2.81. The first-order valence-corrected chi connectivity index (χ1v) is 9.30. The van der Waals surface area contributed by atoms with Crippen LogP contribution in [0.3, 0.4) is 0 Å². The van der Waals surface area contributed by atoms with E-state index in [1.54, 1.807) is 29.8 Å². The highest BCUT2D eigenvalue weighted by Gasteiger charge is 2.20. The fraction of sp³-hybridized carbons (Fsp3) is 0.389. The molecule has 0 saturated heterocycles. The number of halogens is 1. The van der Waals surface area contributed by atoms with Crippen LogP contribution in [-0.4, -0.2) is 29.0 Å². The second-order valence-corrected chi connectivity index (χ2v) is 6.89. The van der Waals surface area contributed by atoms with Gasteiger partial charge in [-0.3, -0.25) is 4.79 Å². The Morgan fingerprint density at radius 3 is 2.58 bits per heavy atom. The van der Waals surface area contributed by atoms with Crippen molar-refractivity contribution in [3.63, 3.8) is 0 Å². The Morgan fingerprint density at radius 2 is 1.96 bits per heavy atom. The van der Waals surface area contributed by atoms with Crippen LogP contribution < -0.4 is 11.1 Å². The van der Waals surface area contributed by atoms with E-state index >= 15 is 0 Å². The summed E-state index contributed by atoms with van der Waals surface area (Å²) in [4.78, 5) is 28.3. The number of nitrogens with two attached hydrogens (primary N) is 1. The van der Waals surface area contributed by atoms with Crippen molar-refractivity contribution < 1.29 is 14.3 Å². The van der Waals surface area contributed by atoms with E-state index < -0.39 is 6.04 Å². The minimum atomic E-state index is -0.672. The molecule has 1 aliphatic carbocycles. The first-order chi connectivity index (χ1) is 12.1. The molecular weight excluding hydrogens is 374 g/mol. The van der Waals surface area contributed by atoms with Crippen molar-refractivity contribution >= 4 is 41.3 Å². The molecule has 1 aliphatic rings. The lowest BCUT2D eigenvalue weighted by Gasteiger charge is -2.13. The molecule has 140 valence electrons. The molecule has 0 bridgehead atoms. The predicted molar refractivity (Wildman–Crippen MR) is 104 cm³/mol. The van der Waals surface area contributed by atoms with Crippen molar-refractivity contribution in [1.29, 1.82) is 0 Å². The zero-order chi connectivity index (χ0) is 17.6. The van der Waals surface area contributed by atoms with Crippen molar-refractivity contribution in [2.24, 2.45) is 5.73 Å². The maximum Gasteiger partial charge on any atom is 0.338 e. The lowest BCUT2D eigenvalue weighted by atomic mass is 10.1. The number of carbonyl (C=O) groups excluding carboxylic acids is 2. The summed E-state index contributed by atoms with van der Waals surface area (Å²) >= 11 is 1.47. The standard InChI is InChI=1S/C18H21N3O3S.ClH/c19-16(9-14-10-25-11-20-14)17(22)21-13-7-5-12(6-8-13)18(23)24-15-3-1-2-4-15;/h5-8,10-11,15-16H,1-4,9,19H2,(H,21,22);1H/t16-;/m0./s1. The van der Waals surface area contributed by atoms with Crippen molar-refractivity contribution in [3.05, 3.63) is 46.4 Å². The Bertz CT molecular complexity index is 716. The molecule has 1 saturated carbocycles. The monoisotopic (exact) mass is 395 g/mol. The molecule has 3 rings (SSSR count). The van der Waals surface area contributed by atoms with E-state index in [0.29, 0.717) is 17.7 Å². The van der Waals surface area contributed by atoms with E-state index in [4.69, 9.17) is 10.5 Å². The van der Waals surface area contributed by atoms with E-state index in [2.05, 4.69) is 10.3 Å². The minimum Gasteiger partial charge on any atom is -0.459 e. The van der Waals surface area contributed by atoms with Crippen LogP contribution >= 0.6 is 23.7 Å². The second-order valence-electron chi connectivity index (χ2n) is 6.17. The van der Waals surface area contributed by atoms with E-state index in [9.17, 15) is 9.59 Å². The summed E-state index contributed by atoms with van der Waals surface area (Å²) in [5, 5.41) is 4.63. The quantitative estimate of drug-likeness (QED) is 0.732. The molecule has 1 amide bonds. The topological polar surface area (TPSA) is 94.3 Å². The van der Waals surface area contributed by atoms with Gasteiger partial charge in [0.15, 0.2) is 0 Å². The zero-order valence-corrected chi connectivity index (χ0v) is 15.9. The first-order valence-electron chi connectivity index (χ1n) is 8.36. The zero-order valence-electron chi connectivity index (χ0n) is 14.2. The summed E-state index contributed by atoms with van der Waals surface area (Å²) in [6.45, 7) is 0. The summed E-state index contributed by atoms with van der Waals surface area (Å²) in [5.41, 5.74) is 9.50. The number of nitrogens with one attached hydrogen (secondary N) is 1. The third-order valence-electron chi connectivity index (χ3n) is 4.21. The van der Waals surface area contributed by atoms with Crippen molar-refractivity contribution in [2.75, 3.05) is 5.32 Å². The van der Waals surface area contributed by atoms with Crippen LogP contribution in [0.5, 0.6) is 0 Å². The van der Waals surface area contributed by atoms with Crippen LogP contribution in [-0.2, 0) is 16.0 Å². The number of hydrogen-bond donors (Lipinski definition) is 2. The lowest BCUT2D eigenvalue weighted by Crippen LogP contribution is -2.37. The number of anilines is 1. The minimum absolute atomic E-state index is 0.